The Hall–Kier alpha value is -1.81. The molecule has 3 nitrogen and oxygen atoms in total. The number of fused-ring (bicyclic) bond motifs is 1. The van der Waals surface area contributed by atoms with Gasteiger partial charge in [0.05, 0.1) is 0 Å². The van der Waals surface area contributed by atoms with E-state index in [1.807, 2.05) is 18.2 Å². The number of amides is 1. The lowest BCUT2D eigenvalue weighted by Gasteiger charge is -2.14. The largest absolute Gasteiger partial charge is 0.370 e. The molecule has 0 saturated heterocycles. The van der Waals surface area contributed by atoms with Crippen molar-refractivity contribution in [2.45, 2.75) is 19.9 Å². The third-order valence-corrected chi connectivity index (χ3v) is 3.87. The van der Waals surface area contributed by atoms with E-state index in [1.165, 1.54) is 11.1 Å². The van der Waals surface area contributed by atoms with Crippen LogP contribution in [0.1, 0.15) is 22.7 Å². The number of hydrogen-bond acceptors (Lipinski definition) is 2. The van der Waals surface area contributed by atoms with E-state index < -0.39 is 0 Å². The van der Waals surface area contributed by atoms with Gasteiger partial charge in [-0.05, 0) is 49.2 Å². The van der Waals surface area contributed by atoms with E-state index in [0.717, 1.165) is 21.4 Å². The topological polar surface area (TPSA) is 41.1 Å². The summed E-state index contributed by atoms with van der Waals surface area (Å²) in [5.41, 5.74) is 5.19. The molecular formula is C16H15BrN2O. The van der Waals surface area contributed by atoms with Crippen molar-refractivity contribution < 1.29 is 4.79 Å². The first kappa shape index (κ1) is 13.2. The fourth-order valence-electron chi connectivity index (χ4n) is 2.60. The van der Waals surface area contributed by atoms with Crippen molar-refractivity contribution in [1.29, 1.82) is 0 Å². The molecule has 3 rings (SSSR count). The predicted molar refractivity (Wildman–Crippen MR) is 85.1 cm³/mol. The smallest absolute Gasteiger partial charge is 0.251 e. The zero-order valence-electron chi connectivity index (χ0n) is 11.3. The summed E-state index contributed by atoms with van der Waals surface area (Å²) in [4.78, 5) is 12.1. The average molecular weight is 331 g/mol. The predicted octanol–water partition coefficient (Wildman–Crippen LogP) is 4.17. The fraction of sp³-hybridized carbons (Fsp3) is 0.188. The van der Waals surface area contributed by atoms with E-state index in [9.17, 15) is 4.79 Å². The molecule has 0 radical (unpaired) electrons. The van der Waals surface area contributed by atoms with Crippen LogP contribution in [0, 0.1) is 13.8 Å². The van der Waals surface area contributed by atoms with Gasteiger partial charge in [0.2, 0.25) is 0 Å². The zero-order valence-corrected chi connectivity index (χ0v) is 12.9. The second kappa shape index (κ2) is 4.94. The number of nitrogens with one attached hydrogen (secondary N) is 2. The number of anilines is 2. The van der Waals surface area contributed by atoms with Crippen LogP contribution in [0.25, 0.3) is 0 Å². The van der Waals surface area contributed by atoms with Gasteiger partial charge in [0.15, 0.2) is 0 Å². The van der Waals surface area contributed by atoms with Crippen molar-refractivity contribution in [2.24, 2.45) is 0 Å². The Morgan fingerprint density at radius 1 is 1.10 bits per heavy atom. The molecule has 0 bridgehead atoms. The number of aryl methyl sites for hydroxylation is 2. The van der Waals surface area contributed by atoms with Crippen molar-refractivity contribution in [1.82, 2.24) is 0 Å². The second-order valence-electron chi connectivity index (χ2n) is 5.17. The fourth-order valence-corrected chi connectivity index (χ4v) is 2.96. The van der Waals surface area contributed by atoms with E-state index in [2.05, 4.69) is 58.6 Å². The van der Waals surface area contributed by atoms with Gasteiger partial charge in [0.25, 0.3) is 5.91 Å². The number of halogens is 1. The van der Waals surface area contributed by atoms with Crippen molar-refractivity contribution in [3.8, 4) is 0 Å². The van der Waals surface area contributed by atoms with Crippen LogP contribution in [-0.4, -0.2) is 5.91 Å². The molecule has 2 aromatic rings. The molecule has 1 aliphatic heterocycles. The maximum absolute atomic E-state index is 12.1. The summed E-state index contributed by atoms with van der Waals surface area (Å²) in [6, 6.07) is 11.7. The summed E-state index contributed by atoms with van der Waals surface area (Å²) in [7, 11) is 0. The highest BCUT2D eigenvalue weighted by Gasteiger charge is 2.30. The number of carbonyl (C=O) groups is 1. The standard InChI is InChI=1S/C16H15BrN2O/c1-9-5-10(2)7-12(6-9)18-15-13-4-3-11(17)8-14(13)19-16(15)20/h3-8,15,18H,1-2H3,(H,19,20). The number of benzene rings is 2. The minimum atomic E-state index is -0.334. The SMILES string of the molecule is Cc1cc(C)cc(NC2C(=O)Nc3cc(Br)ccc32)c1. The molecule has 0 spiro atoms. The lowest BCUT2D eigenvalue weighted by molar-refractivity contribution is -0.116. The summed E-state index contributed by atoms with van der Waals surface area (Å²) in [5, 5.41) is 6.23. The van der Waals surface area contributed by atoms with Gasteiger partial charge in [0.1, 0.15) is 6.04 Å². The highest BCUT2D eigenvalue weighted by atomic mass is 79.9. The maximum atomic E-state index is 12.1. The molecule has 0 aromatic heterocycles. The van der Waals surface area contributed by atoms with E-state index in [-0.39, 0.29) is 11.9 Å². The monoisotopic (exact) mass is 330 g/mol. The van der Waals surface area contributed by atoms with Gasteiger partial charge in [-0.2, -0.15) is 0 Å². The van der Waals surface area contributed by atoms with Gasteiger partial charge >= 0.3 is 0 Å². The van der Waals surface area contributed by atoms with Crippen LogP contribution < -0.4 is 10.6 Å². The van der Waals surface area contributed by atoms with E-state index in [4.69, 9.17) is 0 Å². The first-order valence-corrected chi connectivity index (χ1v) is 7.27. The highest BCUT2D eigenvalue weighted by molar-refractivity contribution is 9.10. The van der Waals surface area contributed by atoms with Crippen LogP contribution in [-0.2, 0) is 4.79 Å². The highest BCUT2D eigenvalue weighted by Crippen LogP contribution is 2.35. The Balaban J connectivity index is 1.94. The molecule has 4 heteroatoms. The lowest BCUT2D eigenvalue weighted by Crippen LogP contribution is -2.19. The minimum Gasteiger partial charge on any atom is -0.370 e. The average Bonchev–Trinajstić information content (AvgIpc) is 2.64. The molecular weight excluding hydrogens is 316 g/mol. The van der Waals surface area contributed by atoms with Gasteiger partial charge in [-0.15, -0.1) is 0 Å². The van der Waals surface area contributed by atoms with Gasteiger partial charge < -0.3 is 10.6 Å². The zero-order chi connectivity index (χ0) is 14.3. The van der Waals surface area contributed by atoms with Crippen molar-refractivity contribution >= 4 is 33.2 Å². The molecule has 1 heterocycles. The van der Waals surface area contributed by atoms with Gasteiger partial charge in [-0.1, -0.05) is 28.1 Å². The Bertz CT molecular complexity index is 677. The molecule has 1 amide bonds. The number of hydrogen-bond donors (Lipinski definition) is 2. The molecule has 0 saturated carbocycles. The maximum Gasteiger partial charge on any atom is 0.251 e. The van der Waals surface area contributed by atoms with Crippen LogP contribution in [0.4, 0.5) is 11.4 Å². The van der Waals surface area contributed by atoms with E-state index in [1.54, 1.807) is 0 Å². The van der Waals surface area contributed by atoms with Gasteiger partial charge in [-0.25, -0.2) is 0 Å². The molecule has 0 aliphatic carbocycles. The van der Waals surface area contributed by atoms with Crippen molar-refractivity contribution in [3.05, 3.63) is 57.6 Å². The van der Waals surface area contributed by atoms with E-state index in [0.29, 0.717) is 0 Å². The van der Waals surface area contributed by atoms with Crippen LogP contribution in [0.15, 0.2) is 40.9 Å². The molecule has 2 N–H and O–H groups in total. The molecule has 102 valence electrons. The van der Waals surface area contributed by atoms with Gasteiger partial charge in [-0.3, -0.25) is 4.79 Å². The third-order valence-electron chi connectivity index (χ3n) is 3.38. The first-order valence-electron chi connectivity index (χ1n) is 6.48. The summed E-state index contributed by atoms with van der Waals surface area (Å²) >= 11 is 3.42. The Morgan fingerprint density at radius 2 is 1.80 bits per heavy atom. The molecule has 1 atom stereocenters. The molecule has 1 aliphatic rings. The van der Waals surface area contributed by atoms with Crippen LogP contribution >= 0.6 is 15.9 Å². The Morgan fingerprint density at radius 3 is 2.50 bits per heavy atom. The Labute approximate surface area is 126 Å². The van der Waals surface area contributed by atoms with Crippen LogP contribution in [0.5, 0.6) is 0 Å². The van der Waals surface area contributed by atoms with E-state index >= 15 is 0 Å². The summed E-state index contributed by atoms with van der Waals surface area (Å²) in [6.45, 7) is 4.11. The Kier molecular flexibility index (Phi) is 3.26. The van der Waals surface area contributed by atoms with Crippen molar-refractivity contribution in [2.75, 3.05) is 10.6 Å². The normalized spacial score (nSPS) is 16.8. The van der Waals surface area contributed by atoms with Crippen LogP contribution in [0.2, 0.25) is 0 Å². The quantitative estimate of drug-likeness (QED) is 0.867. The molecule has 0 fully saturated rings. The van der Waals surface area contributed by atoms with Gasteiger partial charge in [0, 0.05) is 21.4 Å². The number of rotatable bonds is 2. The number of carbonyl (C=O) groups excluding carboxylic acids is 1. The first-order chi connectivity index (χ1) is 9.52. The summed E-state index contributed by atoms with van der Waals surface area (Å²) in [5.74, 6) is -0.0164. The molecule has 1 unspecified atom stereocenters. The third kappa shape index (κ3) is 2.43. The van der Waals surface area contributed by atoms with Crippen LogP contribution in [0.3, 0.4) is 0 Å². The lowest BCUT2D eigenvalue weighted by atomic mass is 10.1. The minimum absolute atomic E-state index is 0.0164. The summed E-state index contributed by atoms with van der Waals surface area (Å²) in [6.07, 6.45) is 0. The van der Waals surface area contributed by atoms with Crippen molar-refractivity contribution in [3.63, 3.8) is 0 Å². The molecule has 20 heavy (non-hydrogen) atoms. The molecule has 2 aromatic carbocycles. The second-order valence-corrected chi connectivity index (χ2v) is 6.09. The summed E-state index contributed by atoms with van der Waals surface area (Å²) < 4.78 is 0.962.